The first kappa shape index (κ1) is 40.2. The van der Waals surface area contributed by atoms with Gasteiger partial charge in [-0.25, -0.2) is 8.78 Å². The number of rotatable bonds is 24. The number of hydrogen-bond acceptors (Lipinski definition) is 3. The molecule has 0 atom stereocenters. The lowest BCUT2D eigenvalue weighted by molar-refractivity contribution is 0.304. The Morgan fingerprint density at radius 1 is 0.429 bits per heavy atom. The van der Waals surface area contributed by atoms with Crippen molar-refractivity contribution in [1.82, 2.24) is 0 Å². The number of halogens is 2. The SMILES string of the molecule is CCCCCCCCCCCCOc1ccc(C#Cc2sc(C#Cc3ccc(OCCCCCCCCCCCC)cc3)c(F)c2F)cc1. The molecule has 0 aliphatic heterocycles. The predicted molar refractivity (Wildman–Crippen MR) is 204 cm³/mol. The molecule has 1 aromatic heterocycles. The van der Waals surface area contributed by atoms with Crippen molar-refractivity contribution in [3.63, 3.8) is 0 Å². The van der Waals surface area contributed by atoms with E-state index in [9.17, 15) is 8.78 Å². The summed E-state index contributed by atoms with van der Waals surface area (Å²) in [7, 11) is 0. The van der Waals surface area contributed by atoms with Gasteiger partial charge in [0, 0.05) is 11.1 Å². The van der Waals surface area contributed by atoms with Gasteiger partial charge < -0.3 is 9.47 Å². The normalized spacial score (nSPS) is 10.7. The molecule has 0 fully saturated rings. The monoisotopic (exact) mass is 688 g/mol. The second-order valence-electron chi connectivity index (χ2n) is 13.0. The van der Waals surface area contributed by atoms with E-state index in [-0.39, 0.29) is 9.75 Å². The summed E-state index contributed by atoms with van der Waals surface area (Å²) in [5, 5.41) is 0. The highest BCUT2D eigenvalue weighted by Gasteiger charge is 2.16. The quantitative estimate of drug-likeness (QED) is 0.0689. The minimum Gasteiger partial charge on any atom is -0.494 e. The minimum absolute atomic E-state index is 0.0406. The van der Waals surface area contributed by atoms with Gasteiger partial charge >= 0.3 is 0 Å². The molecule has 1 heterocycles. The summed E-state index contributed by atoms with van der Waals surface area (Å²) in [6.07, 6.45) is 25.9. The van der Waals surface area contributed by atoms with Crippen LogP contribution >= 0.6 is 11.3 Å². The van der Waals surface area contributed by atoms with E-state index in [0.29, 0.717) is 24.3 Å². The summed E-state index contributed by atoms with van der Waals surface area (Å²) in [5.41, 5.74) is 1.42. The van der Waals surface area contributed by atoms with E-state index in [0.717, 1.165) is 35.7 Å². The summed E-state index contributed by atoms with van der Waals surface area (Å²) < 4.78 is 41.0. The molecule has 0 saturated carbocycles. The van der Waals surface area contributed by atoms with Crippen LogP contribution in [0.1, 0.15) is 163 Å². The van der Waals surface area contributed by atoms with Crippen LogP contribution in [0.5, 0.6) is 11.5 Å². The summed E-state index contributed by atoms with van der Waals surface area (Å²) >= 11 is 0.933. The van der Waals surface area contributed by atoms with E-state index < -0.39 is 11.6 Å². The lowest BCUT2D eigenvalue weighted by atomic mass is 10.1. The molecule has 0 N–H and O–H groups in total. The second-order valence-corrected chi connectivity index (χ2v) is 14.0. The Hall–Kier alpha value is -3.28. The third kappa shape index (κ3) is 17.3. The molecular formula is C44H58F2O2S. The van der Waals surface area contributed by atoms with Gasteiger partial charge in [-0.1, -0.05) is 141 Å². The minimum atomic E-state index is -0.950. The second kappa shape index (κ2) is 25.7. The average molecular weight is 689 g/mol. The summed E-state index contributed by atoms with van der Waals surface area (Å²) in [4.78, 5) is 0.0811. The molecule has 0 radical (unpaired) electrons. The van der Waals surface area contributed by atoms with Crippen LogP contribution in [0.3, 0.4) is 0 Å². The van der Waals surface area contributed by atoms with Crippen molar-refractivity contribution in [2.75, 3.05) is 13.2 Å². The van der Waals surface area contributed by atoms with Gasteiger partial charge in [-0.15, -0.1) is 11.3 Å². The van der Waals surface area contributed by atoms with Crippen LogP contribution in [0.4, 0.5) is 8.78 Å². The molecule has 5 heteroatoms. The van der Waals surface area contributed by atoms with E-state index in [1.807, 2.05) is 48.5 Å². The fourth-order valence-corrected chi connectivity index (χ4v) is 6.40. The van der Waals surface area contributed by atoms with Crippen LogP contribution < -0.4 is 9.47 Å². The summed E-state index contributed by atoms with van der Waals surface area (Å²) in [6.45, 7) is 5.90. The Labute approximate surface area is 300 Å². The smallest absolute Gasteiger partial charge is 0.186 e. The molecule has 3 rings (SSSR count). The number of hydrogen-bond donors (Lipinski definition) is 0. The van der Waals surface area contributed by atoms with Crippen molar-refractivity contribution in [1.29, 1.82) is 0 Å². The maximum Gasteiger partial charge on any atom is 0.186 e. The van der Waals surface area contributed by atoms with Crippen molar-refractivity contribution in [2.45, 2.75) is 142 Å². The van der Waals surface area contributed by atoms with Crippen molar-refractivity contribution in [2.24, 2.45) is 0 Å². The zero-order valence-electron chi connectivity index (χ0n) is 30.2. The number of thiophene rings is 1. The lowest BCUT2D eigenvalue weighted by Gasteiger charge is -2.06. The third-order valence-corrected chi connectivity index (χ3v) is 9.65. The Balaban J connectivity index is 1.35. The topological polar surface area (TPSA) is 18.5 Å². The number of unbranched alkanes of at least 4 members (excludes halogenated alkanes) is 18. The van der Waals surface area contributed by atoms with Crippen molar-refractivity contribution in [3.05, 3.63) is 81.0 Å². The zero-order chi connectivity index (χ0) is 34.8. The molecule has 3 aromatic rings. The van der Waals surface area contributed by atoms with Gasteiger partial charge in [0.15, 0.2) is 11.6 Å². The van der Waals surface area contributed by atoms with Gasteiger partial charge in [0.05, 0.1) is 13.2 Å². The first-order chi connectivity index (χ1) is 24.1. The third-order valence-electron chi connectivity index (χ3n) is 8.68. The number of benzene rings is 2. The molecule has 0 saturated heterocycles. The maximum absolute atomic E-state index is 14.6. The van der Waals surface area contributed by atoms with Gasteiger partial charge in [0.1, 0.15) is 21.3 Å². The largest absolute Gasteiger partial charge is 0.494 e. The summed E-state index contributed by atoms with van der Waals surface area (Å²) in [6, 6.07) is 14.9. The predicted octanol–water partition coefficient (Wildman–Crippen LogP) is 13.4. The first-order valence-electron chi connectivity index (χ1n) is 19.1. The van der Waals surface area contributed by atoms with Crippen LogP contribution in [0.15, 0.2) is 48.5 Å². The van der Waals surface area contributed by atoms with E-state index in [4.69, 9.17) is 9.47 Å². The van der Waals surface area contributed by atoms with Gasteiger partial charge in [-0.2, -0.15) is 0 Å². The van der Waals surface area contributed by atoms with Crippen LogP contribution in [-0.2, 0) is 0 Å². The summed E-state index contributed by atoms with van der Waals surface area (Å²) in [5.74, 6) is 11.1. The molecular weight excluding hydrogens is 631 g/mol. The fraction of sp³-hybridized carbons (Fsp3) is 0.545. The van der Waals surface area contributed by atoms with E-state index in [2.05, 4.69) is 37.5 Å². The molecule has 2 aromatic carbocycles. The fourth-order valence-electron chi connectivity index (χ4n) is 5.64. The Morgan fingerprint density at radius 2 is 0.735 bits per heavy atom. The first-order valence-corrected chi connectivity index (χ1v) is 19.9. The molecule has 49 heavy (non-hydrogen) atoms. The van der Waals surface area contributed by atoms with E-state index >= 15 is 0 Å². The van der Waals surface area contributed by atoms with Crippen LogP contribution in [0.2, 0.25) is 0 Å². The van der Waals surface area contributed by atoms with E-state index in [1.54, 1.807) is 0 Å². The van der Waals surface area contributed by atoms with Gasteiger partial charge in [-0.3, -0.25) is 0 Å². The molecule has 0 aliphatic rings. The van der Waals surface area contributed by atoms with Crippen LogP contribution in [0.25, 0.3) is 0 Å². The highest BCUT2D eigenvalue weighted by Crippen LogP contribution is 2.25. The standard InChI is InChI=1S/C44H58F2O2S/c1-3-5-7-9-11-13-15-17-19-21-35-47-39-29-23-37(24-30-39)27-33-41-43(45)44(46)42(49-41)34-28-38-25-31-40(32-26-38)48-36-22-20-18-16-14-12-10-8-6-4-2/h23-26,29-32H,3-22,35-36H2,1-2H3. The molecule has 2 nitrogen and oxygen atoms in total. The van der Waals surface area contributed by atoms with Crippen LogP contribution in [-0.4, -0.2) is 13.2 Å². The number of ether oxygens (including phenoxy) is 2. The zero-order valence-corrected chi connectivity index (χ0v) is 31.0. The van der Waals surface area contributed by atoms with Gasteiger partial charge in [-0.05, 0) is 73.2 Å². The maximum atomic E-state index is 14.6. The average Bonchev–Trinajstić information content (AvgIpc) is 3.40. The molecule has 0 aliphatic carbocycles. The highest BCUT2D eigenvalue weighted by atomic mass is 32.1. The molecule has 266 valence electrons. The van der Waals surface area contributed by atoms with Crippen molar-refractivity contribution in [3.8, 4) is 35.2 Å². The molecule has 0 bridgehead atoms. The Morgan fingerprint density at radius 3 is 1.06 bits per heavy atom. The van der Waals surface area contributed by atoms with Gasteiger partial charge in [0.2, 0.25) is 0 Å². The van der Waals surface area contributed by atoms with Gasteiger partial charge in [0.25, 0.3) is 0 Å². The van der Waals surface area contributed by atoms with Crippen molar-refractivity contribution >= 4 is 11.3 Å². The highest BCUT2D eigenvalue weighted by molar-refractivity contribution is 7.13. The molecule has 0 unspecified atom stereocenters. The van der Waals surface area contributed by atoms with Crippen molar-refractivity contribution < 1.29 is 18.3 Å². The molecule has 0 spiro atoms. The lowest BCUT2D eigenvalue weighted by Crippen LogP contribution is -1.97. The van der Waals surface area contributed by atoms with E-state index in [1.165, 1.54) is 116 Å². The Bertz CT molecular complexity index is 1310. The van der Waals surface area contributed by atoms with Crippen LogP contribution in [0, 0.1) is 35.3 Å². The molecule has 0 amide bonds. The Kier molecular flexibility index (Phi) is 21.0.